The lowest BCUT2D eigenvalue weighted by Crippen LogP contribution is -2.13. The lowest BCUT2D eigenvalue weighted by Gasteiger charge is -2.17. The number of unbranched alkanes of at least 4 members (excludes halogenated alkanes) is 2. The van der Waals surface area contributed by atoms with Gasteiger partial charge in [-0.25, -0.2) is 4.98 Å². The topological polar surface area (TPSA) is 77.4 Å². The van der Waals surface area contributed by atoms with E-state index in [9.17, 15) is 5.11 Å². The van der Waals surface area contributed by atoms with Gasteiger partial charge in [-0.3, -0.25) is 0 Å². The van der Waals surface area contributed by atoms with Crippen LogP contribution in [0.1, 0.15) is 79.1 Å². The summed E-state index contributed by atoms with van der Waals surface area (Å²) in [6.45, 7) is 9.99. The van der Waals surface area contributed by atoms with Crippen molar-refractivity contribution in [1.29, 1.82) is 0 Å². The number of hydrogen-bond donors (Lipinski definition) is 1. The predicted octanol–water partition coefficient (Wildman–Crippen LogP) is 10.4. The highest BCUT2D eigenvalue weighted by Crippen LogP contribution is 2.34. The maximum absolute atomic E-state index is 11.1. The molecule has 0 bridgehead atoms. The molecule has 2 atom stereocenters. The van der Waals surface area contributed by atoms with E-state index in [1.165, 1.54) is 30.0 Å². The molecule has 0 aliphatic carbocycles. The Bertz CT molecular complexity index is 1700. The van der Waals surface area contributed by atoms with Crippen molar-refractivity contribution in [3.8, 4) is 40.3 Å². The summed E-state index contributed by atoms with van der Waals surface area (Å²) in [5.74, 6) is 2.51. The van der Waals surface area contributed by atoms with Crippen molar-refractivity contribution >= 4 is 21.5 Å². The Kier molecular flexibility index (Phi) is 11.2. The zero-order chi connectivity index (χ0) is 31.6. The highest BCUT2D eigenvalue weighted by atomic mass is 16.5. The first kappa shape index (κ1) is 32.2. The van der Waals surface area contributed by atoms with Gasteiger partial charge in [0.05, 0.1) is 18.8 Å². The molecular formula is C39H47N3O3. The summed E-state index contributed by atoms with van der Waals surface area (Å²) in [5, 5.41) is 15.8. The molecule has 0 amide bonds. The molecule has 1 heterocycles. The van der Waals surface area contributed by atoms with E-state index in [4.69, 9.17) is 19.4 Å². The van der Waals surface area contributed by atoms with Gasteiger partial charge in [-0.1, -0.05) is 103 Å². The molecule has 0 aliphatic heterocycles. The van der Waals surface area contributed by atoms with Crippen molar-refractivity contribution in [3.63, 3.8) is 0 Å². The van der Waals surface area contributed by atoms with Crippen molar-refractivity contribution in [3.05, 3.63) is 72.8 Å². The molecule has 45 heavy (non-hydrogen) atoms. The van der Waals surface area contributed by atoms with E-state index in [-0.39, 0.29) is 11.8 Å². The van der Waals surface area contributed by atoms with Gasteiger partial charge in [0.25, 0.3) is 0 Å². The fourth-order valence-corrected chi connectivity index (χ4v) is 5.74. The third kappa shape index (κ3) is 8.30. The number of aromatic hydroxyl groups is 1. The number of benzene rings is 4. The van der Waals surface area contributed by atoms with E-state index in [1.54, 1.807) is 6.07 Å². The van der Waals surface area contributed by atoms with Crippen molar-refractivity contribution in [2.75, 3.05) is 13.2 Å². The number of hydrogen-bond acceptors (Lipinski definition) is 6. The Morgan fingerprint density at radius 2 is 1.24 bits per heavy atom. The Hall–Kier alpha value is -4.19. The summed E-state index contributed by atoms with van der Waals surface area (Å²) in [4.78, 5) is 14.3. The smallest absolute Gasteiger partial charge is 0.320 e. The average Bonchev–Trinajstić information content (AvgIpc) is 3.07. The molecule has 1 N–H and O–H groups in total. The largest absolute Gasteiger partial charge is 0.507 e. The summed E-state index contributed by atoms with van der Waals surface area (Å²) >= 11 is 0. The van der Waals surface area contributed by atoms with Crippen LogP contribution in [-0.2, 0) is 0 Å². The number of rotatable bonds is 16. The zero-order valence-corrected chi connectivity index (χ0v) is 27.3. The second-order valence-electron chi connectivity index (χ2n) is 12.2. The van der Waals surface area contributed by atoms with Gasteiger partial charge in [-0.05, 0) is 76.6 Å². The maximum Gasteiger partial charge on any atom is 0.320 e. The predicted molar refractivity (Wildman–Crippen MR) is 185 cm³/mol. The van der Waals surface area contributed by atoms with Gasteiger partial charge in [0.2, 0.25) is 0 Å². The number of ether oxygens (including phenoxy) is 2. The molecule has 0 aliphatic rings. The van der Waals surface area contributed by atoms with Gasteiger partial charge in [0.1, 0.15) is 11.5 Å². The van der Waals surface area contributed by atoms with Gasteiger partial charge in [-0.2, -0.15) is 9.97 Å². The van der Waals surface area contributed by atoms with Crippen LogP contribution in [0.5, 0.6) is 17.5 Å². The van der Waals surface area contributed by atoms with Crippen LogP contribution in [0.15, 0.2) is 72.8 Å². The average molecular weight is 606 g/mol. The first-order chi connectivity index (χ1) is 22.0. The molecule has 2 unspecified atom stereocenters. The molecule has 236 valence electrons. The first-order valence-electron chi connectivity index (χ1n) is 16.8. The minimum absolute atomic E-state index is 0.0663. The minimum atomic E-state index is 0.0663. The van der Waals surface area contributed by atoms with Crippen molar-refractivity contribution < 1.29 is 14.6 Å². The summed E-state index contributed by atoms with van der Waals surface area (Å²) in [7, 11) is 0. The summed E-state index contributed by atoms with van der Waals surface area (Å²) in [5.41, 5.74) is 1.38. The highest BCUT2D eigenvalue weighted by Gasteiger charge is 2.17. The van der Waals surface area contributed by atoms with Crippen LogP contribution in [0, 0.1) is 11.8 Å². The molecule has 5 rings (SSSR count). The number of phenols is 1. The SMILES string of the molecule is CCCCC(CC)COc1ccc(-c2nc(OCC(CC)CCCC)nc(-c3ccc4cc5ccccc5cc4c3)n2)c(O)c1. The molecule has 4 aromatic carbocycles. The molecule has 0 saturated carbocycles. The van der Waals surface area contributed by atoms with Crippen LogP contribution in [0.25, 0.3) is 44.3 Å². The van der Waals surface area contributed by atoms with Gasteiger partial charge >= 0.3 is 6.01 Å². The number of nitrogens with zero attached hydrogens (tertiary/aromatic N) is 3. The van der Waals surface area contributed by atoms with Gasteiger partial charge in [0, 0.05) is 11.6 Å². The first-order valence-corrected chi connectivity index (χ1v) is 16.8. The summed E-state index contributed by atoms with van der Waals surface area (Å²) < 4.78 is 12.3. The Balaban J connectivity index is 1.47. The molecule has 6 heteroatoms. The molecule has 6 nitrogen and oxygen atoms in total. The molecule has 1 aromatic heterocycles. The molecule has 0 spiro atoms. The number of phenolic OH excluding ortho intramolecular Hbond substituents is 1. The fourth-order valence-electron chi connectivity index (χ4n) is 5.74. The monoisotopic (exact) mass is 605 g/mol. The molecule has 5 aromatic rings. The van der Waals surface area contributed by atoms with Crippen LogP contribution in [0.4, 0.5) is 0 Å². The second-order valence-corrected chi connectivity index (χ2v) is 12.2. The standard InChI is InChI=1S/C39H47N3O3/c1-5-9-13-27(7-3)25-44-34-19-20-35(36(43)24-34)38-40-37(41-39(42-38)45-26-28(8-4)14-10-6-2)32-18-17-31-21-29-15-11-12-16-30(29)22-33(31)23-32/h11-12,15-24,27-28,43H,5-10,13-14,25-26H2,1-4H3. The molecular weight excluding hydrogens is 558 g/mol. The molecule has 0 radical (unpaired) electrons. The lowest BCUT2D eigenvalue weighted by molar-refractivity contribution is 0.217. The van der Waals surface area contributed by atoms with E-state index in [1.807, 2.05) is 18.2 Å². The van der Waals surface area contributed by atoms with Gasteiger partial charge in [-0.15, -0.1) is 0 Å². The Labute approximate surface area is 267 Å². The highest BCUT2D eigenvalue weighted by molar-refractivity contribution is 5.99. The van der Waals surface area contributed by atoms with E-state index >= 15 is 0 Å². The minimum Gasteiger partial charge on any atom is -0.507 e. The van der Waals surface area contributed by atoms with Crippen molar-refractivity contribution in [2.45, 2.75) is 79.1 Å². The van der Waals surface area contributed by atoms with Crippen LogP contribution >= 0.6 is 0 Å². The number of fused-ring (bicyclic) bond motifs is 2. The normalized spacial score (nSPS) is 12.8. The van der Waals surface area contributed by atoms with E-state index in [2.05, 4.69) is 81.2 Å². The van der Waals surface area contributed by atoms with E-state index in [0.717, 1.165) is 48.4 Å². The van der Waals surface area contributed by atoms with Crippen LogP contribution in [0.3, 0.4) is 0 Å². The van der Waals surface area contributed by atoms with Crippen LogP contribution < -0.4 is 9.47 Å². The Morgan fingerprint density at radius 3 is 1.89 bits per heavy atom. The molecule has 0 fully saturated rings. The summed E-state index contributed by atoms with van der Waals surface area (Å²) in [6, 6.07) is 24.7. The lowest BCUT2D eigenvalue weighted by atomic mass is 10.0. The summed E-state index contributed by atoms with van der Waals surface area (Å²) in [6.07, 6.45) is 9.06. The van der Waals surface area contributed by atoms with Gasteiger partial charge < -0.3 is 14.6 Å². The fraction of sp³-hybridized carbons (Fsp3) is 0.410. The van der Waals surface area contributed by atoms with E-state index in [0.29, 0.717) is 48.0 Å². The van der Waals surface area contributed by atoms with Gasteiger partial charge in [0.15, 0.2) is 11.6 Å². The van der Waals surface area contributed by atoms with Crippen molar-refractivity contribution in [2.24, 2.45) is 11.8 Å². The quantitative estimate of drug-likeness (QED) is 0.113. The third-order valence-electron chi connectivity index (χ3n) is 8.81. The van der Waals surface area contributed by atoms with Crippen LogP contribution in [-0.4, -0.2) is 33.3 Å². The zero-order valence-electron chi connectivity index (χ0n) is 27.3. The van der Waals surface area contributed by atoms with E-state index < -0.39 is 0 Å². The van der Waals surface area contributed by atoms with Crippen LogP contribution in [0.2, 0.25) is 0 Å². The van der Waals surface area contributed by atoms with Crippen molar-refractivity contribution in [1.82, 2.24) is 15.0 Å². The maximum atomic E-state index is 11.1. The number of aromatic nitrogens is 3. The Morgan fingerprint density at radius 1 is 0.622 bits per heavy atom. The molecule has 0 saturated heterocycles. The third-order valence-corrected chi connectivity index (χ3v) is 8.81. The second kappa shape index (κ2) is 15.7.